The lowest BCUT2D eigenvalue weighted by molar-refractivity contribution is -0.118. The number of aryl methyl sites for hydroxylation is 1. The first-order valence-electron chi connectivity index (χ1n) is 8.69. The normalized spacial score (nSPS) is 10.9. The number of anilines is 1. The van der Waals surface area contributed by atoms with Crippen molar-refractivity contribution in [2.75, 3.05) is 11.9 Å². The Bertz CT molecular complexity index is 1070. The third-order valence-electron chi connectivity index (χ3n) is 3.97. The highest BCUT2D eigenvalue weighted by Crippen LogP contribution is 2.26. The first-order valence-corrected chi connectivity index (χ1v) is 9.86. The van der Waals surface area contributed by atoms with Crippen LogP contribution in [0.5, 0.6) is 5.75 Å². The highest BCUT2D eigenvalue weighted by atomic mass is 79.9. The van der Waals surface area contributed by atoms with Gasteiger partial charge in [0.1, 0.15) is 11.6 Å². The molecule has 0 unspecified atom stereocenters. The summed E-state index contributed by atoms with van der Waals surface area (Å²) < 4.78 is 20.0. The Balaban J connectivity index is 1.60. The van der Waals surface area contributed by atoms with Gasteiger partial charge in [0.2, 0.25) is 0 Å². The maximum atomic E-state index is 13.6. The Morgan fingerprint density at radius 2 is 2.00 bits per heavy atom. The summed E-state index contributed by atoms with van der Waals surface area (Å²) in [6.45, 7) is 1.70. The van der Waals surface area contributed by atoms with Crippen LogP contribution in [0.1, 0.15) is 11.1 Å². The van der Waals surface area contributed by atoms with Gasteiger partial charge in [0.15, 0.2) is 6.61 Å². The fourth-order valence-electron chi connectivity index (χ4n) is 2.46. The number of benzene rings is 3. The van der Waals surface area contributed by atoms with Gasteiger partial charge in [-0.2, -0.15) is 0 Å². The summed E-state index contributed by atoms with van der Waals surface area (Å²) >= 11 is 9.70. The number of ether oxygens (including phenoxy) is 1. The smallest absolute Gasteiger partial charge is 0.262 e. The Kier molecular flexibility index (Phi) is 7.01. The van der Waals surface area contributed by atoms with Crippen LogP contribution in [0.4, 0.5) is 15.8 Å². The number of hydrogen-bond acceptors (Lipinski definition) is 3. The van der Waals surface area contributed by atoms with Gasteiger partial charge in [-0.1, -0.05) is 39.7 Å². The average molecular weight is 476 g/mol. The van der Waals surface area contributed by atoms with Crippen LogP contribution in [0.2, 0.25) is 5.02 Å². The molecule has 0 spiro atoms. The zero-order valence-electron chi connectivity index (χ0n) is 15.5. The van der Waals surface area contributed by atoms with Crippen LogP contribution in [0.25, 0.3) is 0 Å². The van der Waals surface area contributed by atoms with Crippen molar-refractivity contribution < 1.29 is 13.9 Å². The predicted octanol–water partition coefficient (Wildman–Crippen LogP) is 6.32. The van der Waals surface area contributed by atoms with E-state index in [1.54, 1.807) is 36.5 Å². The first kappa shape index (κ1) is 21.0. The largest absolute Gasteiger partial charge is 0.482 e. The molecular weight excluding hydrogens is 459 g/mol. The van der Waals surface area contributed by atoms with Gasteiger partial charge in [-0.05, 0) is 66.6 Å². The number of rotatable bonds is 6. The molecule has 3 aromatic carbocycles. The average Bonchev–Trinajstić information content (AvgIpc) is 2.70. The molecule has 0 aromatic heterocycles. The molecule has 4 nitrogen and oxygen atoms in total. The van der Waals surface area contributed by atoms with E-state index in [4.69, 9.17) is 16.3 Å². The third kappa shape index (κ3) is 5.89. The monoisotopic (exact) mass is 474 g/mol. The Labute approximate surface area is 181 Å². The van der Waals surface area contributed by atoms with E-state index in [0.29, 0.717) is 10.8 Å². The molecule has 0 aliphatic rings. The Morgan fingerprint density at radius 1 is 1.21 bits per heavy atom. The highest BCUT2D eigenvalue weighted by molar-refractivity contribution is 9.10. The lowest BCUT2D eigenvalue weighted by Gasteiger charge is -2.09. The van der Waals surface area contributed by atoms with Crippen molar-refractivity contribution in [3.63, 3.8) is 0 Å². The summed E-state index contributed by atoms with van der Waals surface area (Å²) in [6, 6.07) is 16.9. The van der Waals surface area contributed by atoms with E-state index < -0.39 is 11.7 Å². The molecular formula is C22H17BrClFN2O2. The zero-order valence-corrected chi connectivity index (χ0v) is 17.8. The van der Waals surface area contributed by atoms with E-state index in [1.807, 2.05) is 25.1 Å². The van der Waals surface area contributed by atoms with Crippen LogP contribution >= 0.6 is 27.5 Å². The molecule has 0 saturated carbocycles. The molecule has 3 aromatic rings. The van der Waals surface area contributed by atoms with Crippen LogP contribution in [-0.2, 0) is 4.79 Å². The Morgan fingerprint density at radius 3 is 2.72 bits per heavy atom. The van der Waals surface area contributed by atoms with Crippen molar-refractivity contribution in [1.82, 2.24) is 0 Å². The van der Waals surface area contributed by atoms with Crippen molar-refractivity contribution >= 4 is 51.0 Å². The second-order valence-corrected chi connectivity index (χ2v) is 7.46. The molecule has 0 bridgehead atoms. The maximum absolute atomic E-state index is 13.6. The lowest BCUT2D eigenvalue weighted by Crippen LogP contribution is -2.20. The van der Waals surface area contributed by atoms with Crippen molar-refractivity contribution in [2.45, 2.75) is 6.92 Å². The summed E-state index contributed by atoms with van der Waals surface area (Å²) in [6.07, 6.45) is 1.70. The van der Waals surface area contributed by atoms with Gasteiger partial charge in [0, 0.05) is 10.7 Å². The molecule has 7 heteroatoms. The summed E-state index contributed by atoms with van der Waals surface area (Å²) in [5.74, 6) is -0.641. The van der Waals surface area contributed by atoms with Gasteiger partial charge in [0.05, 0.1) is 16.4 Å². The van der Waals surface area contributed by atoms with Gasteiger partial charge < -0.3 is 10.1 Å². The molecule has 0 radical (unpaired) electrons. The fourth-order valence-corrected chi connectivity index (χ4v) is 2.96. The Hall–Kier alpha value is -2.70. The van der Waals surface area contributed by atoms with Crippen molar-refractivity contribution in [2.24, 2.45) is 4.99 Å². The molecule has 0 atom stereocenters. The summed E-state index contributed by atoms with van der Waals surface area (Å²) in [7, 11) is 0. The van der Waals surface area contributed by atoms with Crippen molar-refractivity contribution in [1.29, 1.82) is 0 Å². The number of hydrogen-bond donors (Lipinski definition) is 1. The minimum absolute atomic E-state index is 0.0990. The summed E-state index contributed by atoms with van der Waals surface area (Å²) in [4.78, 5) is 16.4. The quantitative estimate of drug-likeness (QED) is 0.424. The number of amides is 1. The van der Waals surface area contributed by atoms with Crippen LogP contribution < -0.4 is 10.1 Å². The minimum Gasteiger partial charge on any atom is -0.482 e. The molecule has 0 saturated heterocycles. The fraction of sp³-hybridized carbons (Fsp3) is 0.0909. The molecule has 29 heavy (non-hydrogen) atoms. The van der Waals surface area contributed by atoms with E-state index in [-0.39, 0.29) is 12.3 Å². The van der Waals surface area contributed by atoms with Gasteiger partial charge in [-0.3, -0.25) is 9.79 Å². The van der Waals surface area contributed by atoms with E-state index in [2.05, 4.69) is 26.2 Å². The highest BCUT2D eigenvalue weighted by Gasteiger charge is 2.09. The van der Waals surface area contributed by atoms with Crippen LogP contribution in [0.15, 0.2) is 70.1 Å². The third-order valence-corrected chi connectivity index (χ3v) is 5.15. The lowest BCUT2D eigenvalue weighted by atomic mass is 10.2. The molecule has 3 rings (SSSR count). The molecule has 0 heterocycles. The van der Waals surface area contributed by atoms with E-state index in [1.165, 1.54) is 12.1 Å². The molecule has 1 N–H and O–H groups in total. The van der Waals surface area contributed by atoms with E-state index in [9.17, 15) is 9.18 Å². The zero-order chi connectivity index (χ0) is 20.8. The van der Waals surface area contributed by atoms with E-state index >= 15 is 0 Å². The number of carbonyl (C=O) groups is 1. The first-order chi connectivity index (χ1) is 13.9. The number of carbonyl (C=O) groups excluding carboxylic acids is 1. The summed E-state index contributed by atoms with van der Waals surface area (Å²) in [5.41, 5.74) is 2.81. The second kappa shape index (κ2) is 9.67. The topological polar surface area (TPSA) is 50.7 Å². The number of nitrogens with one attached hydrogen (secondary N) is 1. The second-order valence-electron chi connectivity index (χ2n) is 6.20. The summed E-state index contributed by atoms with van der Waals surface area (Å²) in [5, 5.41) is 2.80. The standard InChI is InChI=1S/C22H17BrClFN2O2/c1-14-10-16(7-8-17(14)23)26-12-15-6-9-21(18(24)11-15)29-13-22(28)27-20-5-3-2-4-19(20)25/h2-12H,13H2,1H3,(H,27,28). The molecule has 0 aliphatic heterocycles. The van der Waals surface area contributed by atoms with Crippen molar-refractivity contribution in [3.8, 4) is 5.75 Å². The number of nitrogens with zero attached hydrogens (tertiary/aromatic N) is 1. The number of halogens is 3. The van der Waals surface area contributed by atoms with Crippen molar-refractivity contribution in [3.05, 3.63) is 87.1 Å². The number of aliphatic imine (C=N–C) groups is 1. The van der Waals surface area contributed by atoms with E-state index in [0.717, 1.165) is 21.3 Å². The van der Waals surface area contributed by atoms with Crippen LogP contribution in [0, 0.1) is 12.7 Å². The number of para-hydroxylation sites is 1. The van der Waals surface area contributed by atoms with Crippen LogP contribution in [0.3, 0.4) is 0 Å². The SMILES string of the molecule is Cc1cc(N=Cc2ccc(OCC(=O)Nc3ccccc3F)c(Cl)c2)ccc1Br. The van der Waals surface area contributed by atoms with Gasteiger partial charge >= 0.3 is 0 Å². The maximum Gasteiger partial charge on any atom is 0.262 e. The molecule has 0 aliphatic carbocycles. The molecule has 148 valence electrons. The van der Waals surface area contributed by atoms with Crippen LogP contribution in [-0.4, -0.2) is 18.7 Å². The molecule has 1 amide bonds. The van der Waals surface area contributed by atoms with Gasteiger partial charge in [-0.15, -0.1) is 0 Å². The molecule has 0 fully saturated rings. The predicted molar refractivity (Wildman–Crippen MR) is 118 cm³/mol. The minimum atomic E-state index is -0.511. The van der Waals surface area contributed by atoms with Gasteiger partial charge in [0.25, 0.3) is 5.91 Å². The van der Waals surface area contributed by atoms with Gasteiger partial charge in [-0.25, -0.2) is 4.39 Å².